The molecule has 3 aromatic rings. The summed E-state index contributed by atoms with van der Waals surface area (Å²) in [5.41, 5.74) is 1.62. The third kappa shape index (κ3) is 4.89. The molecule has 1 aliphatic carbocycles. The van der Waals surface area contributed by atoms with Gasteiger partial charge in [-0.25, -0.2) is 13.4 Å². The number of benzene rings is 1. The van der Waals surface area contributed by atoms with E-state index in [2.05, 4.69) is 4.57 Å². The van der Waals surface area contributed by atoms with Crippen LogP contribution in [0.15, 0.2) is 30.5 Å². The molecule has 2 aromatic heterocycles. The lowest BCUT2D eigenvalue weighted by atomic mass is 9.84. The lowest BCUT2D eigenvalue weighted by Gasteiger charge is -2.38. The van der Waals surface area contributed by atoms with Gasteiger partial charge in [-0.3, -0.25) is 0 Å². The maximum Gasteiger partial charge on any atom is 0.226 e. The van der Waals surface area contributed by atoms with Crippen molar-refractivity contribution in [2.24, 2.45) is 0 Å². The fourth-order valence-electron chi connectivity index (χ4n) is 4.66. The monoisotopic (exact) mass is 461 g/mol. The van der Waals surface area contributed by atoms with Gasteiger partial charge in [-0.1, -0.05) is 31.4 Å². The first-order valence-corrected chi connectivity index (χ1v) is 13.3. The van der Waals surface area contributed by atoms with Crippen molar-refractivity contribution in [1.29, 1.82) is 0 Å². The van der Waals surface area contributed by atoms with Crippen molar-refractivity contribution in [2.75, 3.05) is 25.2 Å². The van der Waals surface area contributed by atoms with Crippen LogP contribution in [0.3, 0.4) is 0 Å². The van der Waals surface area contributed by atoms with Crippen LogP contribution in [-0.4, -0.2) is 48.8 Å². The van der Waals surface area contributed by atoms with Gasteiger partial charge in [0, 0.05) is 18.9 Å². The molecule has 32 heavy (non-hydrogen) atoms. The quantitative estimate of drug-likeness (QED) is 0.359. The standard InChI is InChI=1S/C23H31N3O5S/c1-3-30-16-21-24-19-15-26(27)20-10-6-5-9-18(20)22(19)25(21)17-23(11-7-4-8-12-23)31-13-14-32(2,28)29/h5-6,9-10,15H,3-4,7-8,11-14,16-17H2,1-2H3. The highest BCUT2D eigenvalue weighted by Gasteiger charge is 2.35. The Morgan fingerprint density at radius 2 is 1.97 bits per heavy atom. The van der Waals surface area contributed by atoms with E-state index < -0.39 is 15.4 Å². The van der Waals surface area contributed by atoms with Crippen molar-refractivity contribution in [2.45, 2.75) is 57.8 Å². The highest BCUT2D eigenvalue weighted by molar-refractivity contribution is 7.90. The number of hydrogen-bond donors (Lipinski definition) is 0. The molecule has 0 aliphatic heterocycles. The first-order chi connectivity index (χ1) is 15.3. The SMILES string of the molecule is CCOCc1nc2c[n+]([O-])c3ccccc3c2n1CC1(OCCS(C)(=O)=O)CCCCC1. The molecule has 1 fully saturated rings. The summed E-state index contributed by atoms with van der Waals surface area (Å²) < 4.78 is 38.4. The Morgan fingerprint density at radius 3 is 2.69 bits per heavy atom. The molecule has 0 radical (unpaired) electrons. The van der Waals surface area contributed by atoms with Gasteiger partial charge in [0.05, 0.1) is 35.4 Å². The molecule has 174 valence electrons. The van der Waals surface area contributed by atoms with Gasteiger partial charge in [0.15, 0.2) is 5.52 Å². The van der Waals surface area contributed by atoms with Crippen molar-refractivity contribution < 1.29 is 22.6 Å². The summed E-state index contributed by atoms with van der Waals surface area (Å²) >= 11 is 0. The molecule has 4 rings (SSSR count). The Labute approximate surface area is 188 Å². The largest absolute Gasteiger partial charge is 0.618 e. The van der Waals surface area contributed by atoms with E-state index in [1.54, 1.807) is 6.07 Å². The van der Waals surface area contributed by atoms with Crippen LogP contribution in [0.4, 0.5) is 0 Å². The van der Waals surface area contributed by atoms with E-state index >= 15 is 0 Å². The number of imidazole rings is 1. The number of sulfone groups is 1. The number of nitrogens with zero attached hydrogens (tertiary/aromatic N) is 3. The number of para-hydroxylation sites is 1. The number of rotatable bonds is 9. The van der Waals surface area contributed by atoms with Crippen molar-refractivity contribution in [3.8, 4) is 0 Å². The van der Waals surface area contributed by atoms with Gasteiger partial charge in [-0.2, -0.15) is 4.73 Å². The van der Waals surface area contributed by atoms with Gasteiger partial charge in [-0.05, 0) is 25.8 Å². The van der Waals surface area contributed by atoms with Gasteiger partial charge >= 0.3 is 0 Å². The van der Waals surface area contributed by atoms with Crippen molar-refractivity contribution >= 4 is 31.8 Å². The Bertz CT molecular complexity index is 1200. The van der Waals surface area contributed by atoms with Gasteiger partial charge in [0.25, 0.3) is 0 Å². The van der Waals surface area contributed by atoms with Gasteiger partial charge in [0.2, 0.25) is 11.7 Å². The molecule has 1 aliphatic rings. The van der Waals surface area contributed by atoms with Crippen LogP contribution in [0, 0.1) is 5.21 Å². The molecule has 9 heteroatoms. The maximum absolute atomic E-state index is 12.6. The zero-order chi connectivity index (χ0) is 22.8. The topological polar surface area (TPSA) is 97.4 Å². The zero-order valence-corrected chi connectivity index (χ0v) is 19.6. The molecule has 0 bridgehead atoms. The fraction of sp³-hybridized carbons (Fsp3) is 0.565. The van der Waals surface area contributed by atoms with Crippen LogP contribution in [0.25, 0.3) is 21.9 Å². The molecule has 0 unspecified atom stereocenters. The molecule has 8 nitrogen and oxygen atoms in total. The lowest BCUT2D eigenvalue weighted by Crippen LogP contribution is -2.41. The van der Waals surface area contributed by atoms with E-state index in [4.69, 9.17) is 14.5 Å². The Morgan fingerprint density at radius 1 is 1.22 bits per heavy atom. The number of pyridine rings is 1. The minimum atomic E-state index is -3.10. The van der Waals surface area contributed by atoms with Crippen molar-refractivity contribution in [3.05, 3.63) is 41.5 Å². The van der Waals surface area contributed by atoms with Crippen LogP contribution in [0.1, 0.15) is 44.9 Å². The Balaban J connectivity index is 1.80. The summed E-state index contributed by atoms with van der Waals surface area (Å²) in [5.74, 6) is 0.750. The molecular weight excluding hydrogens is 430 g/mol. The van der Waals surface area contributed by atoms with Crippen LogP contribution in [0.5, 0.6) is 0 Å². The summed E-state index contributed by atoms with van der Waals surface area (Å²) in [6, 6.07) is 7.51. The minimum Gasteiger partial charge on any atom is -0.618 e. The molecule has 0 spiro atoms. The Hall–Kier alpha value is -2.23. The van der Waals surface area contributed by atoms with E-state index in [-0.39, 0.29) is 12.4 Å². The number of ether oxygens (including phenoxy) is 2. The van der Waals surface area contributed by atoms with Crippen molar-refractivity contribution in [1.82, 2.24) is 9.55 Å². The molecule has 2 heterocycles. The van der Waals surface area contributed by atoms with Gasteiger partial charge < -0.3 is 19.2 Å². The molecule has 0 atom stereocenters. The second kappa shape index (κ2) is 9.33. The number of hydrogen-bond acceptors (Lipinski definition) is 6. The minimum absolute atomic E-state index is 0.00431. The first-order valence-electron chi connectivity index (χ1n) is 11.2. The van der Waals surface area contributed by atoms with E-state index in [1.165, 1.54) is 12.5 Å². The highest BCUT2D eigenvalue weighted by Crippen LogP contribution is 2.35. The van der Waals surface area contributed by atoms with Gasteiger partial charge in [-0.15, -0.1) is 0 Å². The van der Waals surface area contributed by atoms with Crippen LogP contribution in [0.2, 0.25) is 0 Å². The lowest BCUT2D eigenvalue weighted by molar-refractivity contribution is -0.575. The molecule has 1 saturated carbocycles. The molecular formula is C23H31N3O5S. The summed E-state index contributed by atoms with van der Waals surface area (Å²) in [5, 5.41) is 13.4. The normalized spacial score (nSPS) is 16.7. The van der Waals surface area contributed by atoms with Crippen LogP contribution >= 0.6 is 0 Å². The molecule has 0 saturated heterocycles. The van der Waals surface area contributed by atoms with Gasteiger partial charge in [0.1, 0.15) is 22.3 Å². The fourth-order valence-corrected chi connectivity index (χ4v) is 5.04. The third-order valence-electron chi connectivity index (χ3n) is 6.22. The number of fused-ring (bicyclic) bond motifs is 3. The Kier molecular flexibility index (Phi) is 6.69. The third-order valence-corrected chi connectivity index (χ3v) is 7.13. The summed E-state index contributed by atoms with van der Waals surface area (Å²) in [7, 11) is -3.10. The zero-order valence-electron chi connectivity index (χ0n) is 18.7. The summed E-state index contributed by atoms with van der Waals surface area (Å²) in [4.78, 5) is 4.74. The van der Waals surface area contributed by atoms with E-state index in [1.807, 2.05) is 25.1 Å². The number of aromatic nitrogens is 3. The van der Waals surface area contributed by atoms with E-state index in [0.29, 0.717) is 30.8 Å². The maximum atomic E-state index is 12.6. The predicted octanol–water partition coefficient (Wildman–Crippen LogP) is 3.12. The predicted molar refractivity (Wildman–Crippen MR) is 123 cm³/mol. The average molecular weight is 462 g/mol. The van der Waals surface area contributed by atoms with E-state index in [0.717, 1.165) is 53.6 Å². The summed E-state index contributed by atoms with van der Waals surface area (Å²) in [6.07, 6.45) is 7.68. The second-order valence-corrected chi connectivity index (χ2v) is 10.9. The summed E-state index contributed by atoms with van der Waals surface area (Å²) in [6.45, 7) is 3.54. The van der Waals surface area contributed by atoms with Crippen LogP contribution in [-0.2, 0) is 32.5 Å². The van der Waals surface area contributed by atoms with E-state index in [9.17, 15) is 13.6 Å². The average Bonchev–Trinajstić information content (AvgIpc) is 3.09. The molecule has 1 aromatic carbocycles. The first kappa shape index (κ1) is 22.9. The smallest absolute Gasteiger partial charge is 0.226 e. The molecule has 0 amide bonds. The van der Waals surface area contributed by atoms with Crippen LogP contribution < -0.4 is 4.73 Å². The molecule has 0 N–H and O–H groups in total. The second-order valence-electron chi connectivity index (χ2n) is 8.68. The van der Waals surface area contributed by atoms with Crippen molar-refractivity contribution in [3.63, 3.8) is 0 Å². The highest BCUT2D eigenvalue weighted by atomic mass is 32.2.